The first-order valence-electron chi connectivity index (χ1n) is 13.5. The Bertz CT molecular complexity index is 1190. The van der Waals surface area contributed by atoms with Gasteiger partial charge in [0, 0.05) is 43.1 Å². The third kappa shape index (κ3) is 6.89. The highest BCUT2D eigenvalue weighted by Gasteiger charge is 2.22. The number of nitrogens with zero attached hydrogens (tertiary/aromatic N) is 4. The minimum atomic E-state index is -0.149. The number of aliphatic hydroxyl groups excluding tert-OH is 1. The first-order chi connectivity index (χ1) is 17.8. The summed E-state index contributed by atoms with van der Waals surface area (Å²) in [6, 6.07) is 15.1. The maximum Gasteiger partial charge on any atom is 0.282 e. The van der Waals surface area contributed by atoms with Gasteiger partial charge in [-0.05, 0) is 55.2 Å². The molecule has 1 N–H and O–H groups in total. The highest BCUT2D eigenvalue weighted by molar-refractivity contribution is 7.80. The number of fused-ring (bicyclic) bond motifs is 1. The lowest BCUT2D eigenvalue weighted by molar-refractivity contribution is -0.888. The summed E-state index contributed by atoms with van der Waals surface area (Å²) in [6.07, 6.45) is 8.29. The molecule has 4 rings (SSSR count). The summed E-state index contributed by atoms with van der Waals surface area (Å²) in [7, 11) is 8.45. The van der Waals surface area contributed by atoms with E-state index in [1.807, 2.05) is 0 Å². The lowest BCUT2D eigenvalue weighted by Crippen LogP contribution is -2.42. The smallest absolute Gasteiger partial charge is 0.282 e. The van der Waals surface area contributed by atoms with Crippen LogP contribution in [0.3, 0.4) is 0 Å². The highest BCUT2D eigenvalue weighted by Crippen LogP contribution is 2.23. The van der Waals surface area contributed by atoms with Gasteiger partial charge in [0.2, 0.25) is 0 Å². The third-order valence-electron chi connectivity index (χ3n) is 7.70. The molecule has 0 spiro atoms. The largest absolute Gasteiger partial charge is 0.497 e. The number of aromatic nitrogens is 2. The van der Waals surface area contributed by atoms with Gasteiger partial charge in [-0.1, -0.05) is 12.1 Å². The Morgan fingerprint density at radius 3 is 2.46 bits per heavy atom. The number of hydrogen-bond donors (Lipinski definition) is 2. The lowest BCUT2D eigenvalue weighted by Gasteiger charge is -2.31. The third-order valence-corrected chi connectivity index (χ3v) is 7.90. The Kier molecular flexibility index (Phi) is 9.22. The zero-order valence-electron chi connectivity index (χ0n) is 22.9. The lowest BCUT2D eigenvalue weighted by atomic mass is 10.1. The van der Waals surface area contributed by atoms with E-state index in [1.165, 1.54) is 34.5 Å². The number of piperidine rings is 1. The van der Waals surface area contributed by atoms with E-state index in [1.54, 1.807) is 7.11 Å². The van der Waals surface area contributed by atoms with Gasteiger partial charge in [-0.2, -0.15) is 12.6 Å². The molecule has 0 unspecified atom stereocenters. The first-order valence-corrected chi connectivity index (χ1v) is 14.1. The molecule has 1 aliphatic rings. The molecular formula is C30H44N4O2S+2. The fourth-order valence-corrected chi connectivity index (χ4v) is 5.82. The van der Waals surface area contributed by atoms with Crippen molar-refractivity contribution >= 4 is 41.5 Å². The summed E-state index contributed by atoms with van der Waals surface area (Å²) in [5.41, 5.74) is 4.82. The van der Waals surface area contributed by atoms with E-state index >= 15 is 0 Å². The van der Waals surface area contributed by atoms with Gasteiger partial charge < -0.3 is 19.2 Å². The van der Waals surface area contributed by atoms with Gasteiger partial charge in [-0.25, -0.2) is 9.13 Å². The van der Waals surface area contributed by atoms with E-state index < -0.39 is 0 Å². The van der Waals surface area contributed by atoms with Gasteiger partial charge in [-0.3, -0.25) is 0 Å². The molecule has 37 heavy (non-hydrogen) atoms. The molecule has 3 aromatic rings. The fraction of sp³-hybridized carbons (Fsp3) is 0.500. The Morgan fingerprint density at radius 2 is 1.78 bits per heavy atom. The van der Waals surface area contributed by atoms with Gasteiger partial charge >= 0.3 is 0 Å². The average Bonchev–Trinajstić information content (AvgIpc) is 3.16. The molecule has 1 aliphatic heterocycles. The molecule has 0 aliphatic carbocycles. The summed E-state index contributed by atoms with van der Waals surface area (Å²) in [4.78, 5) is 2.36. The Labute approximate surface area is 227 Å². The number of hydrogen-bond acceptors (Lipinski definition) is 4. The van der Waals surface area contributed by atoms with E-state index in [-0.39, 0.29) is 6.10 Å². The zero-order valence-corrected chi connectivity index (χ0v) is 23.8. The van der Waals surface area contributed by atoms with Crippen LogP contribution < -0.4 is 14.2 Å². The topological polar surface area (TPSA) is 41.5 Å². The summed E-state index contributed by atoms with van der Waals surface area (Å²) >= 11 is 4.43. The highest BCUT2D eigenvalue weighted by atomic mass is 32.1. The second-order valence-electron chi connectivity index (χ2n) is 10.9. The van der Waals surface area contributed by atoms with E-state index in [9.17, 15) is 5.11 Å². The van der Waals surface area contributed by atoms with Crippen molar-refractivity contribution in [1.29, 1.82) is 0 Å². The number of aliphatic hydroxyl groups is 1. The number of benzene rings is 2. The van der Waals surface area contributed by atoms with Crippen LogP contribution in [0.25, 0.3) is 23.2 Å². The van der Waals surface area contributed by atoms with Crippen LogP contribution in [0.4, 0.5) is 5.69 Å². The van der Waals surface area contributed by atoms with Crippen molar-refractivity contribution in [3.05, 3.63) is 53.9 Å². The van der Waals surface area contributed by atoms with Crippen LogP contribution >= 0.6 is 12.6 Å². The molecule has 200 valence electrons. The Balaban J connectivity index is 1.53. The van der Waals surface area contributed by atoms with Gasteiger partial charge in [0.1, 0.15) is 5.75 Å². The molecule has 0 radical (unpaired) electrons. The molecule has 2 heterocycles. The number of aryl methyl sites for hydroxylation is 2. The molecule has 0 saturated carbocycles. The summed E-state index contributed by atoms with van der Waals surface area (Å²) in [5.74, 6) is 2.98. The van der Waals surface area contributed by atoms with E-state index in [0.29, 0.717) is 0 Å². The average molecular weight is 525 g/mol. The quantitative estimate of drug-likeness (QED) is 0.169. The van der Waals surface area contributed by atoms with E-state index in [0.717, 1.165) is 68.0 Å². The number of quaternary nitrogens is 1. The van der Waals surface area contributed by atoms with Crippen LogP contribution in [-0.2, 0) is 13.6 Å². The minimum absolute atomic E-state index is 0.149. The Hall–Kier alpha value is -2.48. The van der Waals surface area contributed by atoms with Gasteiger partial charge in [0.15, 0.2) is 11.0 Å². The summed E-state index contributed by atoms with van der Waals surface area (Å²) in [6.45, 7) is 5.06. The molecule has 1 aromatic heterocycles. The van der Waals surface area contributed by atoms with Crippen molar-refractivity contribution in [2.24, 2.45) is 7.05 Å². The number of anilines is 1. The van der Waals surface area contributed by atoms with Gasteiger partial charge in [0.25, 0.3) is 5.82 Å². The monoisotopic (exact) mass is 524 g/mol. The van der Waals surface area contributed by atoms with Crippen molar-refractivity contribution in [1.82, 2.24) is 4.57 Å². The standard InChI is InChI=1S/C30H43N4O2S/c1-31-29-23-27(36-4)12-13-28(29)33(17-5-6-20-34(2,3)21-22-37)30(31)14-9-24-7-10-25(11-8-24)32-18-15-26(35)16-19-32/h7-14,23,26,35H,5-6,15-22H2,1-4H3/q+1/p+1. The van der Waals surface area contributed by atoms with Crippen LogP contribution in [0.15, 0.2) is 42.5 Å². The molecule has 1 saturated heterocycles. The number of rotatable bonds is 11. The normalized spacial score (nSPS) is 15.2. The summed E-state index contributed by atoms with van der Waals surface area (Å²) in [5, 5.41) is 9.80. The predicted octanol–water partition coefficient (Wildman–Crippen LogP) is 4.39. The molecule has 0 atom stereocenters. The minimum Gasteiger partial charge on any atom is -0.497 e. The second-order valence-corrected chi connectivity index (χ2v) is 11.3. The number of unbranched alkanes of at least 4 members (excludes halogenated alkanes) is 1. The first kappa shape index (κ1) is 27.6. The predicted molar refractivity (Wildman–Crippen MR) is 157 cm³/mol. The maximum absolute atomic E-state index is 9.80. The van der Waals surface area contributed by atoms with Crippen LogP contribution in [0.5, 0.6) is 5.75 Å². The molecular weight excluding hydrogens is 480 g/mol. The van der Waals surface area contributed by atoms with Crippen LogP contribution in [0.2, 0.25) is 0 Å². The van der Waals surface area contributed by atoms with Crippen LogP contribution in [-0.4, -0.2) is 73.4 Å². The Morgan fingerprint density at radius 1 is 1.05 bits per heavy atom. The van der Waals surface area contributed by atoms with Crippen molar-refractivity contribution in [3.63, 3.8) is 0 Å². The molecule has 6 nitrogen and oxygen atoms in total. The van der Waals surface area contributed by atoms with Gasteiger partial charge in [0.05, 0.1) is 54.0 Å². The summed E-state index contributed by atoms with van der Waals surface area (Å²) < 4.78 is 11.2. The van der Waals surface area contributed by atoms with Crippen molar-refractivity contribution in [3.8, 4) is 5.75 Å². The number of thiol groups is 1. The van der Waals surface area contributed by atoms with Crippen LogP contribution in [0.1, 0.15) is 37.1 Å². The molecule has 0 bridgehead atoms. The zero-order chi connectivity index (χ0) is 26.4. The molecule has 7 heteroatoms. The second kappa shape index (κ2) is 12.4. The SMILES string of the molecule is COc1ccc2c(c1)n(C)c(/C=C/c1ccc(N3CCC(O)CC3)cc1)[n+]2CCCC[N+](C)(C)CCS. The molecule has 1 fully saturated rings. The fourth-order valence-electron chi connectivity index (χ4n) is 5.28. The van der Waals surface area contributed by atoms with Gasteiger partial charge in [-0.15, -0.1) is 0 Å². The molecule has 2 aromatic carbocycles. The maximum atomic E-state index is 9.80. The number of methoxy groups -OCH3 is 1. The van der Waals surface area contributed by atoms with E-state index in [4.69, 9.17) is 4.74 Å². The van der Waals surface area contributed by atoms with E-state index in [2.05, 4.69) is 102 Å². The number of imidazole rings is 1. The molecule has 0 amide bonds. The van der Waals surface area contributed by atoms with Crippen molar-refractivity contribution < 1.29 is 18.9 Å². The van der Waals surface area contributed by atoms with Crippen molar-refractivity contribution in [2.75, 3.05) is 58.0 Å². The van der Waals surface area contributed by atoms with Crippen molar-refractivity contribution in [2.45, 2.75) is 38.3 Å². The number of ether oxygens (including phenoxy) is 1. The van der Waals surface area contributed by atoms with Crippen LogP contribution in [0, 0.1) is 0 Å².